The molecule has 0 bridgehead atoms. The quantitative estimate of drug-likeness (QED) is 0.819. The molecule has 2 aromatic carbocycles. The van der Waals surface area contributed by atoms with E-state index in [2.05, 4.69) is 32.9 Å². The fraction of sp³-hybridized carbons (Fsp3) is 0.368. The van der Waals surface area contributed by atoms with Crippen molar-refractivity contribution in [1.29, 1.82) is 0 Å². The van der Waals surface area contributed by atoms with E-state index in [1.807, 2.05) is 24.3 Å². The summed E-state index contributed by atoms with van der Waals surface area (Å²) in [6.07, 6.45) is 3.09. The lowest BCUT2D eigenvalue weighted by atomic mass is 9.87. The van der Waals surface area contributed by atoms with Gasteiger partial charge in [0.05, 0.1) is 6.04 Å². The lowest BCUT2D eigenvalue weighted by Gasteiger charge is -2.21. The average Bonchev–Trinajstić information content (AvgIpc) is 2.53. The Labute approximate surface area is 133 Å². The molecule has 0 radical (unpaired) electrons. The average molecular weight is 302 g/mol. The van der Waals surface area contributed by atoms with Gasteiger partial charge in [-0.15, -0.1) is 0 Å². The van der Waals surface area contributed by atoms with Gasteiger partial charge in [-0.1, -0.05) is 56.6 Å². The molecule has 2 aromatic rings. The summed E-state index contributed by atoms with van der Waals surface area (Å²) in [6, 6.07) is 12.4. The number of nitrogens with two attached hydrogens (primary N) is 1. The summed E-state index contributed by atoms with van der Waals surface area (Å²) >= 11 is 5.98. The van der Waals surface area contributed by atoms with Crippen LogP contribution in [0.1, 0.15) is 54.6 Å². The maximum absolute atomic E-state index is 6.57. The van der Waals surface area contributed by atoms with Crippen molar-refractivity contribution in [1.82, 2.24) is 0 Å². The molecule has 2 N–H and O–H groups in total. The maximum atomic E-state index is 6.57. The largest absolute Gasteiger partial charge is 0.320 e. The standard InChI is InChI=1S/C19H24ClN/c1-4-13-11-14(5-2)18(15(6-3)12-13)19(21)16-7-9-17(20)10-8-16/h7-12,19H,4-6,21H2,1-3H3. The van der Waals surface area contributed by atoms with E-state index in [1.165, 1.54) is 22.3 Å². The second kappa shape index (κ2) is 7.11. The molecule has 0 aliphatic carbocycles. The third-order valence-corrected chi connectivity index (χ3v) is 4.37. The summed E-state index contributed by atoms with van der Waals surface area (Å²) in [5.41, 5.74) is 13.1. The van der Waals surface area contributed by atoms with Crippen molar-refractivity contribution < 1.29 is 0 Å². The summed E-state index contributed by atoms with van der Waals surface area (Å²) in [5, 5.41) is 0.749. The molecule has 0 aliphatic heterocycles. The molecule has 0 heterocycles. The summed E-state index contributed by atoms with van der Waals surface area (Å²) in [5.74, 6) is 0. The summed E-state index contributed by atoms with van der Waals surface area (Å²) in [7, 11) is 0. The Morgan fingerprint density at radius 2 is 1.43 bits per heavy atom. The molecule has 0 fully saturated rings. The molecule has 21 heavy (non-hydrogen) atoms. The Morgan fingerprint density at radius 1 is 0.905 bits per heavy atom. The first-order chi connectivity index (χ1) is 10.1. The number of hydrogen-bond acceptors (Lipinski definition) is 1. The van der Waals surface area contributed by atoms with Crippen LogP contribution in [0, 0.1) is 0 Å². The molecule has 2 rings (SSSR count). The van der Waals surface area contributed by atoms with E-state index in [4.69, 9.17) is 17.3 Å². The minimum Gasteiger partial charge on any atom is -0.320 e. The van der Waals surface area contributed by atoms with Crippen LogP contribution in [0.25, 0.3) is 0 Å². The Kier molecular flexibility index (Phi) is 5.44. The van der Waals surface area contributed by atoms with Crippen molar-refractivity contribution in [2.45, 2.75) is 46.1 Å². The maximum Gasteiger partial charge on any atom is 0.0557 e. The van der Waals surface area contributed by atoms with Gasteiger partial charge in [0, 0.05) is 5.02 Å². The molecule has 112 valence electrons. The fourth-order valence-electron chi connectivity index (χ4n) is 2.88. The minimum absolute atomic E-state index is 0.0851. The van der Waals surface area contributed by atoms with Gasteiger partial charge in [0.15, 0.2) is 0 Å². The van der Waals surface area contributed by atoms with Crippen molar-refractivity contribution in [3.63, 3.8) is 0 Å². The topological polar surface area (TPSA) is 26.0 Å². The third-order valence-electron chi connectivity index (χ3n) is 4.12. The minimum atomic E-state index is -0.0851. The first-order valence-corrected chi connectivity index (χ1v) is 8.14. The Morgan fingerprint density at radius 3 is 1.86 bits per heavy atom. The predicted molar refractivity (Wildman–Crippen MR) is 92.1 cm³/mol. The molecular weight excluding hydrogens is 278 g/mol. The SMILES string of the molecule is CCc1cc(CC)c(C(N)c2ccc(Cl)cc2)c(CC)c1. The van der Waals surface area contributed by atoms with E-state index in [9.17, 15) is 0 Å². The molecule has 2 heteroatoms. The molecule has 0 spiro atoms. The lowest BCUT2D eigenvalue weighted by molar-refractivity contribution is 0.824. The van der Waals surface area contributed by atoms with Crippen molar-refractivity contribution in [2.75, 3.05) is 0 Å². The van der Waals surface area contributed by atoms with Gasteiger partial charge in [-0.3, -0.25) is 0 Å². The van der Waals surface area contributed by atoms with E-state index in [-0.39, 0.29) is 6.04 Å². The lowest BCUT2D eigenvalue weighted by Crippen LogP contribution is -2.17. The zero-order valence-electron chi connectivity index (χ0n) is 13.1. The second-order valence-corrected chi connectivity index (χ2v) is 5.85. The van der Waals surface area contributed by atoms with Gasteiger partial charge in [-0.05, 0) is 59.2 Å². The normalized spacial score (nSPS) is 12.4. The molecule has 0 amide bonds. The number of hydrogen-bond donors (Lipinski definition) is 1. The van der Waals surface area contributed by atoms with E-state index in [0.29, 0.717) is 0 Å². The summed E-state index contributed by atoms with van der Waals surface area (Å²) < 4.78 is 0. The predicted octanol–water partition coefficient (Wildman–Crippen LogP) is 5.08. The van der Waals surface area contributed by atoms with Gasteiger partial charge in [0.2, 0.25) is 0 Å². The van der Waals surface area contributed by atoms with Crippen LogP contribution >= 0.6 is 11.6 Å². The van der Waals surface area contributed by atoms with E-state index >= 15 is 0 Å². The van der Waals surface area contributed by atoms with Crippen molar-refractivity contribution in [2.24, 2.45) is 5.73 Å². The fourth-order valence-corrected chi connectivity index (χ4v) is 3.00. The van der Waals surface area contributed by atoms with Crippen LogP contribution in [0.2, 0.25) is 5.02 Å². The highest BCUT2D eigenvalue weighted by Crippen LogP contribution is 2.29. The van der Waals surface area contributed by atoms with Crippen LogP contribution in [0.15, 0.2) is 36.4 Å². The van der Waals surface area contributed by atoms with Gasteiger partial charge < -0.3 is 5.73 Å². The molecule has 0 aromatic heterocycles. The van der Waals surface area contributed by atoms with Crippen LogP contribution in [-0.2, 0) is 19.3 Å². The van der Waals surface area contributed by atoms with Gasteiger partial charge >= 0.3 is 0 Å². The van der Waals surface area contributed by atoms with Crippen LogP contribution < -0.4 is 5.73 Å². The van der Waals surface area contributed by atoms with Crippen molar-refractivity contribution in [3.8, 4) is 0 Å². The van der Waals surface area contributed by atoms with Crippen LogP contribution in [-0.4, -0.2) is 0 Å². The highest BCUT2D eigenvalue weighted by atomic mass is 35.5. The monoisotopic (exact) mass is 301 g/mol. The highest BCUT2D eigenvalue weighted by Gasteiger charge is 2.17. The van der Waals surface area contributed by atoms with Crippen LogP contribution in [0.3, 0.4) is 0 Å². The molecule has 0 saturated heterocycles. The van der Waals surface area contributed by atoms with E-state index < -0.39 is 0 Å². The molecule has 0 saturated carbocycles. The Balaban J connectivity index is 2.52. The smallest absolute Gasteiger partial charge is 0.0557 e. The molecule has 1 nitrogen and oxygen atoms in total. The number of rotatable bonds is 5. The van der Waals surface area contributed by atoms with E-state index in [1.54, 1.807) is 0 Å². The van der Waals surface area contributed by atoms with Gasteiger partial charge in [0.25, 0.3) is 0 Å². The first kappa shape index (κ1) is 16.1. The van der Waals surface area contributed by atoms with Crippen LogP contribution in [0.5, 0.6) is 0 Å². The molecule has 1 unspecified atom stereocenters. The van der Waals surface area contributed by atoms with E-state index in [0.717, 1.165) is 29.8 Å². The molecule has 0 aliphatic rings. The number of benzene rings is 2. The first-order valence-electron chi connectivity index (χ1n) is 7.76. The van der Waals surface area contributed by atoms with Gasteiger partial charge in [0.1, 0.15) is 0 Å². The number of halogens is 1. The van der Waals surface area contributed by atoms with Crippen LogP contribution in [0.4, 0.5) is 0 Å². The van der Waals surface area contributed by atoms with Gasteiger partial charge in [-0.25, -0.2) is 0 Å². The third kappa shape index (κ3) is 3.48. The van der Waals surface area contributed by atoms with Crippen molar-refractivity contribution in [3.05, 3.63) is 69.2 Å². The summed E-state index contributed by atoms with van der Waals surface area (Å²) in [6.45, 7) is 6.60. The Hall–Kier alpha value is -1.31. The van der Waals surface area contributed by atoms with Crippen molar-refractivity contribution >= 4 is 11.6 Å². The Bertz CT molecular complexity index is 576. The molecular formula is C19H24ClN. The zero-order valence-corrected chi connectivity index (χ0v) is 13.9. The molecule has 1 atom stereocenters. The number of aryl methyl sites for hydroxylation is 3. The zero-order chi connectivity index (χ0) is 15.4. The van der Waals surface area contributed by atoms with Gasteiger partial charge in [-0.2, -0.15) is 0 Å². The summed E-state index contributed by atoms with van der Waals surface area (Å²) in [4.78, 5) is 0. The second-order valence-electron chi connectivity index (χ2n) is 5.42. The highest BCUT2D eigenvalue weighted by molar-refractivity contribution is 6.30.